The van der Waals surface area contributed by atoms with E-state index in [-0.39, 0.29) is 0 Å². The molecular weight excluding hydrogens is 256 g/mol. The third-order valence-corrected chi connectivity index (χ3v) is 5.16. The van der Waals surface area contributed by atoms with Crippen molar-refractivity contribution in [3.05, 3.63) is 11.1 Å². The Morgan fingerprint density at radius 3 is 2.74 bits per heavy atom. The fraction of sp³-hybridized carbons (Fsp3) is 0.786. The molecule has 1 saturated carbocycles. The second-order valence-electron chi connectivity index (χ2n) is 5.80. The molecule has 0 aromatic carbocycles. The van der Waals surface area contributed by atoms with Crippen LogP contribution in [0.2, 0.25) is 0 Å². The van der Waals surface area contributed by atoms with Crippen molar-refractivity contribution >= 4 is 16.5 Å². The number of nitrogens with zero attached hydrogens (tertiary/aromatic N) is 3. The SMILES string of the molecule is CNC(C)c1csc(N2CCN(CC3CC3)CC2)n1. The molecule has 0 bridgehead atoms. The lowest BCUT2D eigenvalue weighted by Crippen LogP contribution is -2.47. The van der Waals surface area contributed by atoms with Crippen molar-refractivity contribution in [1.29, 1.82) is 0 Å². The first-order valence-corrected chi connectivity index (χ1v) is 8.24. The number of nitrogens with one attached hydrogen (secondary N) is 1. The van der Waals surface area contributed by atoms with E-state index >= 15 is 0 Å². The van der Waals surface area contributed by atoms with Crippen molar-refractivity contribution in [3.8, 4) is 0 Å². The predicted octanol–water partition coefficient (Wildman–Crippen LogP) is 1.96. The Kier molecular flexibility index (Phi) is 4.05. The minimum atomic E-state index is 0.348. The van der Waals surface area contributed by atoms with Gasteiger partial charge in [-0.2, -0.15) is 0 Å². The summed E-state index contributed by atoms with van der Waals surface area (Å²) in [4.78, 5) is 9.83. The van der Waals surface area contributed by atoms with Gasteiger partial charge in [-0.3, -0.25) is 4.90 Å². The Labute approximate surface area is 119 Å². The fourth-order valence-electron chi connectivity index (χ4n) is 2.56. The van der Waals surface area contributed by atoms with Gasteiger partial charge in [-0.05, 0) is 32.7 Å². The third kappa shape index (κ3) is 3.27. The van der Waals surface area contributed by atoms with E-state index in [0.717, 1.165) is 19.0 Å². The number of hydrogen-bond acceptors (Lipinski definition) is 5. The minimum absolute atomic E-state index is 0.348. The van der Waals surface area contributed by atoms with Crippen molar-refractivity contribution in [2.75, 3.05) is 44.7 Å². The van der Waals surface area contributed by atoms with E-state index in [2.05, 4.69) is 27.4 Å². The molecule has 0 radical (unpaired) electrons. The van der Waals surface area contributed by atoms with Gasteiger partial charge in [-0.25, -0.2) is 4.98 Å². The van der Waals surface area contributed by atoms with Crippen LogP contribution < -0.4 is 10.2 Å². The number of aromatic nitrogens is 1. The molecule has 1 atom stereocenters. The van der Waals surface area contributed by atoms with Crippen LogP contribution in [0.4, 0.5) is 5.13 Å². The van der Waals surface area contributed by atoms with Crippen LogP contribution in [0.5, 0.6) is 0 Å². The summed E-state index contributed by atoms with van der Waals surface area (Å²) >= 11 is 1.78. The first-order chi connectivity index (χ1) is 9.26. The van der Waals surface area contributed by atoms with Gasteiger partial charge in [0.05, 0.1) is 5.69 Å². The number of rotatable bonds is 5. The Balaban J connectivity index is 1.53. The Hall–Kier alpha value is -0.650. The average molecular weight is 280 g/mol. The molecule has 1 aliphatic carbocycles. The third-order valence-electron chi connectivity index (χ3n) is 4.24. The quantitative estimate of drug-likeness (QED) is 0.893. The monoisotopic (exact) mass is 280 g/mol. The van der Waals surface area contributed by atoms with Crippen LogP contribution in [0, 0.1) is 5.92 Å². The maximum Gasteiger partial charge on any atom is 0.185 e. The second-order valence-corrected chi connectivity index (χ2v) is 6.63. The van der Waals surface area contributed by atoms with Crippen molar-refractivity contribution in [2.24, 2.45) is 5.92 Å². The summed E-state index contributed by atoms with van der Waals surface area (Å²) in [5.74, 6) is 1.01. The zero-order chi connectivity index (χ0) is 13.2. The predicted molar refractivity (Wildman–Crippen MR) is 81.0 cm³/mol. The normalized spacial score (nSPS) is 22.7. The zero-order valence-electron chi connectivity index (χ0n) is 11.9. The molecule has 2 aliphatic rings. The molecule has 3 rings (SSSR count). The standard InChI is InChI=1S/C14H24N4S/c1-11(15-2)13-10-19-14(16-13)18-7-5-17(6-8-18)9-12-3-4-12/h10-12,15H,3-9H2,1-2H3. The van der Waals surface area contributed by atoms with Crippen LogP contribution in [-0.2, 0) is 0 Å². The van der Waals surface area contributed by atoms with Crippen molar-refractivity contribution in [2.45, 2.75) is 25.8 Å². The van der Waals surface area contributed by atoms with Crippen molar-refractivity contribution in [3.63, 3.8) is 0 Å². The molecule has 1 aromatic heterocycles. The van der Waals surface area contributed by atoms with Gasteiger partial charge in [0.25, 0.3) is 0 Å². The average Bonchev–Trinajstić information content (AvgIpc) is 3.12. The summed E-state index contributed by atoms with van der Waals surface area (Å²) < 4.78 is 0. The summed E-state index contributed by atoms with van der Waals surface area (Å²) in [6, 6.07) is 0.348. The molecule has 0 amide bonds. The van der Waals surface area contributed by atoms with E-state index in [0.29, 0.717) is 6.04 Å². The minimum Gasteiger partial charge on any atom is -0.346 e. The molecule has 2 fully saturated rings. The van der Waals surface area contributed by atoms with E-state index in [9.17, 15) is 0 Å². The summed E-state index contributed by atoms with van der Waals surface area (Å²) in [5.41, 5.74) is 1.17. The molecule has 2 heterocycles. The first kappa shape index (κ1) is 13.3. The fourth-order valence-corrected chi connectivity index (χ4v) is 3.53. The van der Waals surface area contributed by atoms with Gasteiger partial charge in [0, 0.05) is 44.1 Å². The van der Waals surface area contributed by atoms with Gasteiger partial charge < -0.3 is 10.2 Å². The molecule has 5 heteroatoms. The van der Waals surface area contributed by atoms with Gasteiger partial charge in [-0.1, -0.05) is 0 Å². The van der Waals surface area contributed by atoms with Crippen LogP contribution >= 0.6 is 11.3 Å². The van der Waals surface area contributed by atoms with Crippen molar-refractivity contribution < 1.29 is 0 Å². The second kappa shape index (κ2) is 5.77. The number of anilines is 1. The van der Waals surface area contributed by atoms with Crippen LogP contribution in [-0.4, -0.2) is 49.7 Å². The lowest BCUT2D eigenvalue weighted by molar-refractivity contribution is 0.248. The summed E-state index contributed by atoms with van der Waals surface area (Å²) in [5, 5.41) is 6.64. The maximum atomic E-state index is 4.77. The van der Waals surface area contributed by atoms with Crippen LogP contribution in [0.25, 0.3) is 0 Å². The molecule has 4 nitrogen and oxygen atoms in total. The first-order valence-electron chi connectivity index (χ1n) is 7.36. The highest BCUT2D eigenvalue weighted by Gasteiger charge is 2.27. The molecule has 1 saturated heterocycles. The highest BCUT2D eigenvalue weighted by Crippen LogP contribution is 2.30. The zero-order valence-corrected chi connectivity index (χ0v) is 12.7. The molecule has 1 unspecified atom stereocenters. The Morgan fingerprint density at radius 1 is 1.37 bits per heavy atom. The lowest BCUT2D eigenvalue weighted by atomic mass is 10.3. The number of hydrogen-bond donors (Lipinski definition) is 1. The molecule has 106 valence electrons. The van der Waals surface area contributed by atoms with E-state index < -0.39 is 0 Å². The maximum absolute atomic E-state index is 4.77. The van der Waals surface area contributed by atoms with E-state index in [4.69, 9.17) is 4.98 Å². The Bertz CT molecular complexity index is 407. The molecule has 0 spiro atoms. The highest BCUT2D eigenvalue weighted by atomic mass is 32.1. The van der Waals surface area contributed by atoms with Crippen LogP contribution in [0.15, 0.2) is 5.38 Å². The lowest BCUT2D eigenvalue weighted by Gasteiger charge is -2.34. The Morgan fingerprint density at radius 2 is 2.11 bits per heavy atom. The summed E-state index contributed by atoms with van der Waals surface area (Å²) in [7, 11) is 1.99. The molecule has 19 heavy (non-hydrogen) atoms. The topological polar surface area (TPSA) is 31.4 Å². The van der Waals surface area contributed by atoms with Gasteiger partial charge in [0.2, 0.25) is 0 Å². The van der Waals surface area contributed by atoms with Gasteiger partial charge in [0.1, 0.15) is 0 Å². The van der Waals surface area contributed by atoms with E-state index in [1.54, 1.807) is 11.3 Å². The smallest absolute Gasteiger partial charge is 0.185 e. The molecular formula is C14H24N4S. The molecule has 1 aromatic rings. The number of thiazole rings is 1. The highest BCUT2D eigenvalue weighted by molar-refractivity contribution is 7.13. The van der Waals surface area contributed by atoms with Crippen molar-refractivity contribution in [1.82, 2.24) is 15.2 Å². The molecule has 1 aliphatic heterocycles. The molecule has 1 N–H and O–H groups in total. The van der Waals surface area contributed by atoms with E-state index in [1.807, 2.05) is 7.05 Å². The summed E-state index contributed by atoms with van der Waals surface area (Å²) in [6.07, 6.45) is 2.91. The van der Waals surface area contributed by atoms with Gasteiger partial charge in [0.15, 0.2) is 5.13 Å². The number of piperazine rings is 1. The van der Waals surface area contributed by atoms with Gasteiger partial charge in [-0.15, -0.1) is 11.3 Å². The summed E-state index contributed by atoms with van der Waals surface area (Å²) in [6.45, 7) is 8.15. The van der Waals surface area contributed by atoms with Crippen LogP contribution in [0.3, 0.4) is 0 Å². The van der Waals surface area contributed by atoms with E-state index in [1.165, 1.54) is 43.3 Å². The van der Waals surface area contributed by atoms with Gasteiger partial charge >= 0.3 is 0 Å². The largest absolute Gasteiger partial charge is 0.346 e. The van der Waals surface area contributed by atoms with Crippen LogP contribution in [0.1, 0.15) is 31.5 Å².